The van der Waals surface area contributed by atoms with Gasteiger partial charge in [-0.25, -0.2) is 0 Å². The van der Waals surface area contributed by atoms with Crippen LogP contribution in [0.3, 0.4) is 0 Å². The van der Waals surface area contributed by atoms with E-state index in [2.05, 4.69) is 85.1 Å². The van der Waals surface area contributed by atoms with Crippen molar-refractivity contribution in [3.63, 3.8) is 0 Å². The number of hydrogen-bond donors (Lipinski definition) is 0. The topological polar surface area (TPSA) is 4.93 Å². The number of nitrogens with zero attached hydrogens (tertiary/aromatic N) is 1. The molecule has 0 fully saturated rings. The van der Waals surface area contributed by atoms with Crippen molar-refractivity contribution in [1.82, 2.24) is 4.57 Å². The fraction of sp³-hybridized carbons (Fsp3) is 0.167. The summed E-state index contributed by atoms with van der Waals surface area (Å²) in [5.74, 6) is 0. The standard InChI is InChI=1S/C24H21N/c1-3-18-19-11-7-6-10-17(19)15-21-23-20-12-8-5-9-16(20)13-14-22(23)25(4-2)24(18)21/h5-15H,3-4H2,1-2H3. The number of rotatable bonds is 2. The average Bonchev–Trinajstić information content (AvgIpc) is 2.99. The van der Waals surface area contributed by atoms with E-state index in [1.165, 1.54) is 48.9 Å². The maximum Gasteiger partial charge on any atom is 0.0530 e. The molecule has 0 amide bonds. The lowest BCUT2D eigenvalue weighted by Gasteiger charge is -2.11. The summed E-state index contributed by atoms with van der Waals surface area (Å²) in [5.41, 5.74) is 4.23. The zero-order valence-corrected chi connectivity index (χ0v) is 14.7. The molecule has 1 heteroatoms. The van der Waals surface area contributed by atoms with Crippen molar-refractivity contribution in [3.05, 3.63) is 72.3 Å². The summed E-state index contributed by atoms with van der Waals surface area (Å²) in [5, 5.41) is 8.19. The minimum Gasteiger partial charge on any atom is -0.340 e. The van der Waals surface area contributed by atoms with Gasteiger partial charge in [0.05, 0.1) is 5.52 Å². The summed E-state index contributed by atoms with van der Waals surface area (Å²) in [7, 11) is 0. The van der Waals surface area contributed by atoms with E-state index in [1.807, 2.05) is 0 Å². The predicted octanol–water partition coefficient (Wildman–Crippen LogP) is 6.68. The molecule has 1 heterocycles. The Hall–Kier alpha value is -2.80. The van der Waals surface area contributed by atoms with E-state index in [-0.39, 0.29) is 0 Å². The average molecular weight is 323 g/mol. The normalized spacial score (nSPS) is 11.9. The van der Waals surface area contributed by atoms with Crippen LogP contribution in [0.1, 0.15) is 19.4 Å². The first-order valence-corrected chi connectivity index (χ1v) is 9.17. The third kappa shape index (κ3) is 1.90. The molecule has 5 rings (SSSR count). The van der Waals surface area contributed by atoms with E-state index in [4.69, 9.17) is 0 Å². The number of aromatic nitrogens is 1. The van der Waals surface area contributed by atoms with E-state index in [0.717, 1.165) is 13.0 Å². The first-order chi connectivity index (χ1) is 12.3. The van der Waals surface area contributed by atoms with Gasteiger partial charge in [-0.3, -0.25) is 0 Å². The monoisotopic (exact) mass is 323 g/mol. The molecule has 25 heavy (non-hydrogen) atoms. The lowest BCUT2D eigenvalue weighted by Crippen LogP contribution is -1.97. The van der Waals surface area contributed by atoms with Gasteiger partial charge in [-0.15, -0.1) is 0 Å². The lowest BCUT2D eigenvalue weighted by molar-refractivity contribution is 0.823. The Morgan fingerprint density at radius 2 is 1.44 bits per heavy atom. The molecule has 0 aliphatic rings. The summed E-state index contributed by atoms with van der Waals surface area (Å²) < 4.78 is 2.50. The first kappa shape index (κ1) is 14.5. The molecule has 0 radical (unpaired) electrons. The summed E-state index contributed by atoms with van der Waals surface area (Å²) in [6.07, 6.45) is 1.05. The Kier molecular flexibility index (Phi) is 3.11. The van der Waals surface area contributed by atoms with Crippen LogP contribution in [0.25, 0.3) is 43.4 Å². The molecular weight excluding hydrogens is 302 g/mol. The number of hydrogen-bond acceptors (Lipinski definition) is 0. The summed E-state index contributed by atoms with van der Waals surface area (Å²) >= 11 is 0. The van der Waals surface area contributed by atoms with Gasteiger partial charge in [0, 0.05) is 22.8 Å². The van der Waals surface area contributed by atoms with Crippen molar-refractivity contribution in [2.75, 3.05) is 0 Å². The Morgan fingerprint density at radius 1 is 0.720 bits per heavy atom. The van der Waals surface area contributed by atoms with Gasteiger partial charge in [0.1, 0.15) is 0 Å². The number of fused-ring (bicyclic) bond motifs is 6. The highest BCUT2D eigenvalue weighted by atomic mass is 15.0. The van der Waals surface area contributed by atoms with Crippen molar-refractivity contribution in [3.8, 4) is 0 Å². The molecule has 0 spiro atoms. The third-order valence-corrected chi connectivity index (χ3v) is 5.53. The highest BCUT2D eigenvalue weighted by molar-refractivity contribution is 6.23. The molecule has 5 aromatic rings. The molecule has 4 aromatic carbocycles. The van der Waals surface area contributed by atoms with Gasteiger partial charge in [0.25, 0.3) is 0 Å². The third-order valence-electron chi connectivity index (χ3n) is 5.53. The number of benzene rings is 4. The van der Waals surface area contributed by atoms with E-state index >= 15 is 0 Å². The quantitative estimate of drug-likeness (QED) is 0.341. The van der Waals surface area contributed by atoms with Gasteiger partial charge in [0.2, 0.25) is 0 Å². The second kappa shape index (κ2) is 5.35. The van der Waals surface area contributed by atoms with Crippen LogP contribution in [0, 0.1) is 0 Å². The van der Waals surface area contributed by atoms with Crippen LogP contribution in [0.4, 0.5) is 0 Å². The minimum atomic E-state index is 0.990. The van der Waals surface area contributed by atoms with E-state index in [9.17, 15) is 0 Å². The van der Waals surface area contributed by atoms with Crippen LogP contribution in [-0.2, 0) is 13.0 Å². The lowest BCUT2D eigenvalue weighted by atomic mass is 9.97. The SMILES string of the molecule is CCc1c2ccccc2cc2c3c4ccccc4ccc3n(CC)c12. The van der Waals surface area contributed by atoms with Crippen LogP contribution in [-0.4, -0.2) is 4.57 Å². The molecule has 0 aliphatic heterocycles. The van der Waals surface area contributed by atoms with Crippen molar-refractivity contribution in [2.45, 2.75) is 26.8 Å². The van der Waals surface area contributed by atoms with Gasteiger partial charge >= 0.3 is 0 Å². The maximum atomic E-state index is 2.50. The highest BCUT2D eigenvalue weighted by Crippen LogP contribution is 2.39. The molecule has 0 bridgehead atoms. The molecule has 1 nitrogen and oxygen atoms in total. The minimum absolute atomic E-state index is 0.990. The summed E-state index contributed by atoms with van der Waals surface area (Å²) in [6.45, 7) is 5.52. The molecule has 0 aliphatic carbocycles. The second-order valence-corrected chi connectivity index (χ2v) is 6.75. The van der Waals surface area contributed by atoms with Gasteiger partial charge in [-0.2, -0.15) is 0 Å². The maximum absolute atomic E-state index is 2.50. The van der Waals surface area contributed by atoms with Crippen LogP contribution < -0.4 is 0 Å². The molecular formula is C24H21N. The van der Waals surface area contributed by atoms with Crippen molar-refractivity contribution >= 4 is 43.4 Å². The Morgan fingerprint density at radius 3 is 2.20 bits per heavy atom. The predicted molar refractivity (Wildman–Crippen MR) is 110 cm³/mol. The molecule has 0 unspecified atom stereocenters. The molecule has 122 valence electrons. The second-order valence-electron chi connectivity index (χ2n) is 6.75. The van der Waals surface area contributed by atoms with Crippen LogP contribution in [0.5, 0.6) is 0 Å². The molecule has 0 saturated heterocycles. The van der Waals surface area contributed by atoms with Gasteiger partial charge < -0.3 is 4.57 Å². The molecule has 0 atom stereocenters. The fourth-order valence-corrected chi connectivity index (χ4v) is 4.49. The van der Waals surface area contributed by atoms with E-state index in [0.29, 0.717) is 0 Å². The van der Waals surface area contributed by atoms with Crippen molar-refractivity contribution in [2.24, 2.45) is 0 Å². The van der Waals surface area contributed by atoms with E-state index < -0.39 is 0 Å². The zero-order chi connectivity index (χ0) is 17.0. The highest BCUT2D eigenvalue weighted by Gasteiger charge is 2.17. The molecule has 1 aromatic heterocycles. The van der Waals surface area contributed by atoms with Gasteiger partial charge in [-0.1, -0.05) is 61.5 Å². The zero-order valence-electron chi connectivity index (χ0n) is 14.7. The largest absolute Gasteiger partial charge is 0.340 e. The van der Waals surface area contributed by atoms with Crippen LogP contribution in [0.15, 0.2) is 66.7 Å². The summed E-state index contributed by atoms with van der Waals surface area (Å²) in [4.78, 5) is 0. The molecule has 0 saturated carbocycles. The molecule has 0 N–H and O–H groups in total. The van der Waals surface area contributed by atoms with Crippen molar-refractivity contribution in [1.29, 1.82) is 0 Å². The Labute approximate surface area is 147 Å². The fourth-order valence-electron chi connectivity index (χ4n) is 4.49. The van der Waals surface area contributed by atoms with Crippen LogP contribution >= 0.6 is 0 Å². The Balaban J connectivity index is 2.15. The van der Waals surface area contributed by atoms with Gasteiger partial charge in [0.15, 0.2) is 0 Å². The van der Waals surface area contributed by atoms with Crippen LogP contribution in [0.2, 0.25) is 0 Å². The van der Waals surface area contributed by atoms with Gasteiger partial charge in [-0.05, 0) is 52.6 Å². The van der Waals surface area contributed by atoms with E-state index in [1.54, 1.807) is 0 Å². The smallest absolute Gasteiger partial charge is 0.0530 e. The Bertz CT molecular complexity index is 1260. The summed E-state index contributed by atoms with van der Waals surface area (Å²) in [6, 6.07) is 24.5. The first-order valence-electron chi connectivity index (χ1n) is 9.17. The number of aryl methyl sites for hydroxylation is 2. The van der Waals surface area contributed by atoms with Crippen molar-refractivity contribution < 1.29 is 0 Å².